The van der Waals surface area contributed by atoms with Gasteiger partial charge in [0.25, 0.3) is 0 Å². The average Bonchev–Trinajstić information content (AvgIpc) is 3.22. The average molecular weight is 668 g/mol. The molecule has 0 radical (unpaired) electrons. The van der Waals surface area contributed by atoms with Crippen molar-refractivity contribution in [1.29, 1.82) is 0 Å². The molecule has 8 aromatic rings. The van der Waals surface area contributed by atoms with E-state index in [4.69, 9.17) is 9.97 Å². The van der Waals surface area contributed by atoms with Crippen LogP contribution in [0.5, 0.6) is 0 Å². The van der Waals surface area contributed by atoms with Crippen LogP contribution in [0.3, 0.4) is 0 Å². The fraction of sp³-hybridized carbons (Fsp3) is 0.0612. The van der Waals surface area contributed by atoms with Crippen LogP contribution in [-0.2, 0) is 5.41 Å². The molecule has 0 atom stereocenters. The summed E-state index contributed by atoms with van der Waals surface area (Å²) in [6.07, 6.45) is 0. The molecule has 0 aliphatic carbocycles. The minimum absolute atomic E-state index is 0.254. The smallest absolute Gasteiger partial charge is 0.160 e. The Morgan fingerprint density at radius 1 is 0.365 bits per heavy atom. The summed E-state index contributed by atoms with van der Waals surface area (Å²) in [7, 11) is 0. The third-order valence-electron chi connectivity index (χ3n) is 10.3. The van der Waals surface area contributed by atoms with Crippen molar-refractivity contribution in [2.45, 2.75) is 19.3 Å². The summed E-state index contributed by atoms with van der Waals surface area (Å²) in [5.74, 6) is 0.708. The second kappa shape index (κ2) is 12.9. The molecule has 1 aromatic heterocycles. The van der Waals surface area contributed by atoms with Gasteiger partial charge in [0, 0.05) is 27.8 Å². The van der Waals surface area contributed by atoms with E-state index in [0.29, 0.717) is 5.82 Å². The quantitative estimate of drug-likeness (QED) is 0.177. The van der Waals surface area contributed by atoms with E-state index < -0.39 is 0 Å². The molecule has 0 amide bonds. The van der Waals surface area contributed by atoms with Crippen molar-refractivity contribution >= 4 is 17.1 Å². The lowest BCUT2D eigenvalue weighted by Crippen LogP contribution is -2.30. The molecule has 2 heterocycles. The number of rotatable bonds is 6. The highest BCUT2D eigenvalue weighted by atomic mass is 15.2. The van der Waals surface area contributed by atoms with Gasteiger partial charge in [-0.15, -0.1) is 0 Å². The van der Waals surface area contributed by atoms with Crippen LogP contribution in [0.4, 0.5) is 17.1 Å². The van der Waals surface area contributed by atoms with Crippen LogP contribution in [0.1, 0.15) is 25.0 Å². The van der Waals surface area contributed by atoms with Gasteiger partial charge in [0.05, 0.1) is 22.8 Å². The van der Waals surface area contributed by atoms with Crippen LogP contribution in [0, 0.1) is 0 Å². The number of hydrogen-bond donors (Lipinski definition) is 0. The number of aromatic nitrogens is 2. The van der Waals surface area contributed by atoms with Crippen LogP contribution in [0.2, 0.25) is 0 Å². The number of nitrogens with zero attached hydrogens (tertiary/aromatic N) is 3. The first-order valence-corrected chi connectivity index (χ1v) is 17.8. The Kier molecular flexibility index (Phi) is 7.82. The first kappa shape index (κ1) is 31.4. The second-order valence-corrected chi connectivity index (χ2v) is 13.9. The Hall–Kier alpha value is -6.58. The third kappa shape index (κ3) is 5.67. The highest BCUT2D eigenvalue weighted by molar-refractivity contribution is 5.90. The molecule has 0 saturated heterocycles. The molecule has 0 unspecified atom stereocenters. The molecule has 1 aliphatic heterocycles. The van der Waals surface area contributed by atoms with E-state index in [1.54, 1.807) is 0 Å². The highest BCUT2D eigenvalue weighted by Crippen LogP contribution is 2.53. The monoisotopic (exact) mass is 667 g/mol. The van der Waals surface area contributed by atoms with Gasteiger partial charge in [-0.3, -0.25) is 0 Å². The van der Waals surface area contributed by atoms with Gasteiger partial charge < -0.3 is 4.90 Å². The molecule has 0 N–H and O–H groups in total. The van der Waals surface area contributed by atoms with Crippen molar-refractivity contribution in [2.24, 2.45) is 0 Å². The maximum Gasteiger partial charge on any atom is 0.160 e. The van der Waals surface area contributed by atoms with E-state index >= 15 is 0 Å². The van der Waals surface area contributed by atoms with Crippen molar-refractivity contribution in [3.8, 4) is 56.2 Å². The van der Waals surface area contributed by atoms with Crippen LogP contribution in [-0.4, -0.2) is 9.97 Å². The zero-order valence-electron chi connectivity index (χ0n) is 29.2. The summed E-state index contributed by atoms with van der Waals surface area (Å²) < 4.78 is 0. The molecule has 0 spiro atoms. The molecule has 0 saturated carbocycles. The zero-order valence-corrected chi connectivity index (χ0v) is 29.2. The molecular weight excluding hydrogens is 631 g/mol. The van der Waals surface area contributed by atoms with Gasteiger partial charge in [0.2, 0.25) is 0 Å². The van der Waals surface area contributed by atoms with Crippen LogP contribution in [0.25, 0.3) is 56.2 Å². The minimum Gasteiger partial charge on any atom is -0.310 e. The van der Waals surface area contributed by atoms with E-state index in [9.17, 15) is 0 Å². The molecule has 0 fully saturated rings. The SMILES string of the molecule is CC1(C)c2cc(-c3ccccc3)ccc2N(c2cccc(-c3cc(-c4ccccc4)nc(-c4ccccc4)n3)c2)c2ccc(-c3ccccc3)cc21. The Balaban J connectivity index is 1.23. The molecule has 52 heavy (non-hydrogen) atoms. The summed E-state index contributed by atoms with van der Waals surface area (Å²) in [5.41, 5.74) is 15.5. The highest BCUT2D eigenvalue weighted by Gasteiger charge is 2.37. The first-order chi connectivity index (χ1) is 25.5. The molecular formula is C49H37N3. The second-order valence-electron chi connectivity index (χ2n) is 13.9. The van der Waals surface area contributed by atoms with Crippen LogP contribution in [0.15, 0.2) is 188 Å². The largest absolute Gasteiger partial charge is 0.310 e. The molecule has 0 bridgehead atoms. The molecule has 3 heteroatoms. The molecule has 3 nitrogen and oxygen atoms in total. The normalized spacial score (nSPS) is 12.9. The first-order valence-electron chi connectivity index (χ1n) is 17.8. The van der Waals surface area contributed by atoms with Gasteiger partial charge in [0.1, 0.15) is 0 Å². The van der Waals surface area contributed by atoms with Crippen molar-refractivity contribution in [3.63, 3.8) is 0 Å². The van der Waals surface area contributed by atoms with Gasteiger partial charge in [-0.25, -0.2) is 9.97 Å². The summed E-state index contributed by atoms with van der Waals surface area (Å²) in [5, 5.41) is 0. The summed E-state index contributed by atoms with van der Waals surface area (Å²) >= 11 is 0. The zero-order chi connectivity index (χ0) is 35.1. The summed E-state index contributed by atoms with van der Waals surface area (Å²) in [6.45, 7) is 4.72. The fourth-order valence-electron chi connectivity index (χ4n) is 7.51. The minimum atomic E-state index is -0.254. The summed E-state index contributed by atoms with van der Waals surface area (Å²) in [4.78, 5) is 12.6. The predicted octanol–water partition coefficient (Wildman–Crippen LogP) is 12.9. The van der Waals surface area contributed by atoms with E-state index in [-0.39, 0.29) is 5.41 Å². The molecule has 1 aliphatic rings. The number of benzene rings is 7. The molecule has 9 rings (SSSR count). The maximum absolute atomic E-state index is 5.16. The van der Waals surface area contributed by atoms with Crippen molar-refractivity contribution < 1.29 is 0 Å². The van der Waals surface area contributed by atoms with Gasteiger partial charge in [0.15, 0.2) is 5.82 Å². The number of hydrogen-bond acceptors (Lipinski definition) is 3. The Bertz CT molecular complexity index is 2370. The lowest BCUT2D eigenvalue weighted by Gasteiger charge is -2.42. The van der Waals surface area contributed by atoms with E-state index in [1.807, 2.05) is 24.3 Å². The number of fused-ring (bicyclic) bond motifs is 2. The molecule has 248 valence electrons. The lowest BCUT2D eigenvalue weighted by molar-refractivity contribution is 0.632. The lowest BCUT2D eigenvalue weighted by atomic mass is 9.72. The van der Waals surface area contributed by atoms with E-state index in [1.165, 1.54) is 44.8 Å². The standard InChI is InChI=1S/C49H37N3/c1-49(2)42-31-38(34-16-7-3-8-17-34)26-28-46(42)52(47-29-27-39(32-43(47)49)35-18-9-4-10-19-35)41-25-15-24-40(30-41)45-33-44(36-20-11-5-12-21-36)50-48(51-45)37-22-13-6-14-23-37/h3-33H,1-2H3. The Labute approximate surface area is 305 Å². The summed E-state index contributed by atoms with van der Waals surface area (Å²) in [6, 6.07) is 66.7. The fourth-order valence-corrected chi connectivity index (χ4v) is 7.51. The van der Waals surface area contributed by atoms with Gasteiger partial charge in [-0.2, -0.15) is 0 Å². The van der Waals surface area contributed by atoms with Gasteiger partial charge in [-0.05, 0) is 75.8 Å². The van der Waals surface area contributed by atoms with Gasteiger partial charge >= 0.3 is 0 Å². The predicted molar refractivity (Wildman–Crippen MR) is 216 cm³/mol. The van der Waals surface area contributed by atoms with Crippen LogP contribution < -0.4 is 4.90 Å². The van der Waals surface area contributed by atoms with E-state index in [0.717, 1.165) is 33.8 Å². The Morgan fingerprint density at radius 3 is 1.33 bits per heavy atom. The Morgan fingerprint density at radius 2 is 0.808 bits per heavy atom. The van der Waals surface area contributed by atoms with Crippen molar-refractivity contribution in [2.75, 3.05) is 4.90 Å². The van der Waals surface area contributed by atoms with Crippen molar-refractivity contribution in [3.05, 3.63) is 199 Å². The topological polar surface area (TPSA) is 29.0 Å². The van der Waals surface area contributed by atoms with E-state index in [2.05, 4.69) is 183 Å². The molecule has 7 aromatic carbocycles. The third-order valence-corrected chi connectivity index (χ3v) is 10.3. The maximum atomic E-state index is 5.16. The van der Waals surface area contributed by atoms with Gasteiger partial charge in [-0.1, -0.05) is 159 Å². The van der Waals surface area contributed by atoms with Crippen molar-refractivity contribution in [1.82, 2.24) is 9.97 Å². The number of anilines is 3. The van der Waals surface area contributed by atoms with Crippen LogP contribution >= 0.6 is 0 Å².